The molecule has 2 aromatic carbocycles. The molecule has 0 aliphatic carbocycles. The topological polar surface area (TPSA) is 125 Å². The highest BCUT2D eigenvalue weighted by Crippen LogP contribution is 2.27. The second kappa shape index (κ2) is 7.39. The van der Waals surface area contributed by atoms with E-state index in [9.17, 15) is 25.0 Å². The van der Waals surface area contributed by atoms with Gasteiger partial charge in [0.05, 0.1) is 35.1 Å². The van der Waals surface area contributed by atoms with Crippen molar-refractivity contribution in [2.45, 2.75) is 13.3 Å². The van der Waals surface area contributed by atoms with Crippen molar-refractivity contribution in [2.24, 2.45) is 0 Å². The molecule has 0 aromatic heterocycles. The first-order valence-electron chi connectivity index (χ1n) is 7.18. The zero-order valence-electron chi connectivity index (χ0n) is 13.5. The van der Waals surface area contributed by atoms with Gasteiger partial charge in [0.1, 0.15) is 5.75 Å². The molecule has 25 heavy (non-hydrogen) atoms. The number of methoxy groups -OCH3 is 1. The van der Waals surface area contributed by atoms with Gasteiger partial charge < -0.3 is 10.1 Å². The van der Waals surface area contributed by atoms with Crippen molar-refractivity contribution in [3.05, 3.63) is 67.8 Å². The largest absolute Gasteiger partial charge is 0.495 e. The summed E-state index contributed by atoms with van der Waals surface area (Å²) >= 11 is 0. The van der Waals surface area contributed by atoms with Crippen molar-refractivity contribution in [3.63, 3.8) is 0 Å². The Balaban J connectivity index is 2.23. The molecule has 0 fully saturated rings. The quantitative estimate of drug-likeness (QED) is 0.634. The van der Waals surface area contributed by atoms with E-state index in [1.165, 1.54) is 13.2 Å². The summed E-state index contributed by atoms with van der Waals surface area (Å²) in [5.41, 5.74) is 0.582. The van der Waals surface area contributed by atoms with Crippen LogP contribution in [0.2, 0.25) is 0 Å². The molecule has 0 unspecified atom stereocenters. The number of rotatable bonds is 6. The number of ether oxygens (including phenoxy) is 1. The fraction of sp³-hybridized carbons (Fsp3) is 0.188. The van der Waals surface area contributed by atoms with E-state index in [1.54, 1.807) is 18.2 Å². The Morgan fingerprint density at radius 3 is 2.44 bits per heavy atom. The third-order valence-corrected chi connectivity index (χ3v) is 3.46. The fourth-order valence-corrected chi connectivity index (χ4v) is 2.25. The minimum atomic E-state index is -0.748. The minimum Gasteiger partial charge on any atom is -0.495 e. The maximum Gasteiger partial charge on any atom is 0.279 e. The maximum atomic E-state index is 12.2. The van der Waals surface area contributed by atoms with Gasteiger partial charge in [0.15, 0.2) is 0 Å². The molecular weight excluding hydrogens is 330 g/mol. The average Bonchev–Trinajstić information content (AvgIpc) is 2.56. The standard InChI is InChI=1S/C16H15N3O6/c1-10-3-6-13(15(7-10)25-2)17-16(20)8-11-4-5-12(18(21)22)9-14(11)19(23)24/h3-7,9H,8H2,1-2H3,(H,17,20). The Kier molecular flexibility index (Phi) is 5.28. The monoisotopic (exact) mass is 345 g/mol. The minimum absolute atomic E-state index is 0.0826. The van der Waals surface area contributed by atoms with Crippen molar-refractivity contribution < 1.29 is 19.4 Å². The summed E-state index contributed by atoms with van der Waals surface area (Å²) in [4.78, 5) is 32.6. The lowest BCUT2D eigenvalue weighted by Gasteiger charge is -2.11. The second-order valence-corrected chi connectivity index (χ2v) is 5.26. The lowest BCUT2D eigenvalue weighted by Crippen LogP contribution is -2.16. The number of amides is 1. The number of anilines is 1. The molecule has 0 saturated heterocycles. The van der Waals surface area contributed by atoms with Gasteiger partial charge in [-0.3, -0.25) is 25.0 Å². The smallest absolute Gasteiger partial charge is 0.279 e. The van der Waals surface area contributed by atoms with E-state index in [0.717, 1.165) is 17.7 Å². The van der Waals surface area contributed by atoms with Crippen molar-refractivity contribution >= 4 is 23.0 Å². The third kappa shape index (κ3) is 4.28. The normalized spacial score (nSPS) is 10.2. The van der Waals surface area contributed by atoms with E-state index in [4.69, 9.17) is 4.74 Å². The zero-order chi connectivity index (χ0) is 18.6. The van der Waals surface area contributed by atoms with E-state index < -0.39 is 27.1 Å². The summed E-state index contributed by atoms with van der Waals surface area (Å²) in [5, 5.41) is 24.5. The average molecular weight is 345 g/mol. The van der Waals surface area contributed by atoms with Crippen LogP contribution in [0.5, 0.6) is 5.75 Å². The molecule has 0 saturated carbocycles. The van der Waals surface area contributed by atoms with Gasteiger partial charge in [-0.2, -0.15) is 0 Å². The van der Waals surface area contributed by atoms with Crippen molar-refractivity contribution in [2.75, 3.05) is 12.4 Å². The lowest BCUT2D eigenvalue weighted by atomic mass is 10.1. The Bertz CT molecular complexity index is 850. The number of benzene rings is 2. The second-order valence-electron chi connectivity index (χ2n) is 5.26. The first kappa shape index (κ1) is 17.9. The van der Waals surface area contributed by atoms with Crippen LogP contribution < -0.4 is 10.1 Å². The Morgan fingerprint density at radius 1 is 1.12 bits per heavy atom. The van der Waals surface area contributed by atoms with Gasteiger partial charge in [-0.15, -0.1) is 0 Å². The molecule has 1 N–H and O–H groups in total. The highest BCUT2D eigenvalue weighted by atomic mass is 16.6. The van der Waals surface area contributed by atoms with Gasteiger partial charge in [0.2, 0.25) is 5.91 Å². The number of hydrogen-bond acceptors (Lipinski definition) is 6. The molecule has 2 aromatic rings. The molecule has 0 bridgehead atoms. The molecule has 9 heteroatoms. The summed E-state index contributed by atoms with van der Waals surface area (Å²) in [6, 6.07) is 8.37. The van der Waals surface area contributed by atoms with E-state index >= 15 is 0 Å². The van der Waals surface area contributed by atoms with E-state index in [1.807, 2.05) is 6.92 Å². The molecule has 0 aliphatic heterocycles. The van der Waals surface area contributed by atoms with Crippen LogP contribution in [-0.2, 0) is 11.2 Å². The van der Waals surface area contributed by atoms with Gasteiger partial charge in [0, 0.05) is 11.6 Å². The van der Waals surface area contributed by atoms with E-state index in [-0.39, 0.29) is 12.0 Å². The van der Waals surface area contributed by atoms with Crippen LogP contribution in [0.3, 0.4) is 0 Å². The van der Waals surface area contributed by atoms with E-state index in [0.29, 0.717) is 11.4 Å². The summed E-state index contributed by atoms with van der Waals surface area (Å²) in [6.07, 6.45) is -0.300. The van der Waals surface area contributed by atoms with Gasteiger partial charge >= 0.3 is 0 Å². The van der Waals surface area contributed by atoms with Gasteiger partial charge in [-0.25, -0.2) is 0 Å². The number of nitro benzene ring substituents is 2. The SMILES string of the molecule is COc1cc(C)ccc1NC(=O)Cc1ccc([N+](=O)[O-])cc1[N+](=O)[O-]. The predicted octanol–water partition coefficient (Wildman–Crippen LogP) is 3.00. The number of carbonyl (C=O) groups is 1. The molecule has 130 valence electrons. The number of carbonyl (C=O) groups excluding carboxylic acids is 1. The van der Waals surface area contributed by atoms with Gasteiger partial charge in [-0.05, 0) is 30.7 Å². The van der Waals surface area contributed by atoms with Crippen molar-refractivity contribution in [1.82, 2.24) is 0 Å². The Morgan fingerprint density at radius 2 is 1.84 bits per heavy atom. The Hall–Kier alpha value is -3.49. The van der Waals surface area contributed by atoms with Crippen LogP contribution in [0.1, 0.15) is 11.1 Å². The lowest BCUT2D eigenvalue weighted by molar-refractivity contribution is -0.394. The molecule has 9 nitrogen and oxygen atoms in total. The summed E-state index contributed by atoms with van der Waals surface area (Å²) in [7, 11) is 1.46. The van der Waals surface area contributed by atoms with Gasteiger partial charge in [0.25, 0.3) is 11.4 Å². The first-order chi connectivity index (χ1) is 11.8. The predicted molar refractivity (Wildman–Crippen MR) is 89.8 cm³/mol. The summed E-state index contributed by atoms with van der Waals surface area (Å²) in [6.45, 7) is 1.87. The number of aryl methyl sites for hydroxylation is 1. The number of non-ortho nitro benzene ring substituents is 1. The van der Waals surface area contributed by atoms with E-state index in [2.05, 4.69) is 5.32 Å². The molecule has 1 amide bonds. The third-order valence-electron chi connectivity index (χ3n) is 3.46. The van der Waals surface area contributed by atoms with Crippen LogP contribution in [-0.4, -0.2) is 22.9 Å². The van der Waals surface area contributed by atoms with Gasteiger partial charge in [-0.1, -0.05) is 6.07 Å². The summed E-state index contributed by atoms with van der Waals surface area (Å²) in [5.74, 6) is -0.0364. The number of nitrogens with one attached hydrogen (secondary N) is 1. The maximum absolute atomic E-state index is 12.2. The Labute approximate surface area is 142 Å². The summed E-state index contributed by atoms with van der Waals surface area (Å²) < 4.78 is 5.18. The first-order valence-corrected chi connectivity index (χ1v) is 7.18. The molecule has 0 heterocycles. The highest BCUT2D eigenvalue weighted by molar-refractivity contribution is 5.94. The van der Waals surface area contributed by atoms with Crippen molar-refractivity contribution in [1.29, 1.82) is 0 Å². The number of nitrogens with zero attached hydrogens (tertiary/aromatic N) is 2. The van der Waals surface area contributed by atoms with Crippen LogP contribution >= 0.6 is 0 Å². The van der Waals surface area contributed by atoms with Crippen LogP contribution in [0.25, 0.3) is 0 Å². The molecular formula is C16H15N3O6. The molecule has 2 rings (SSSR count). The van der Waals surface area contributed by atoms with Crippen LogP contribution in [0.4, 0.5) is 17.1 Å². The van der Waals surface area contributed by atoms with Crippen LogP contribution in [0, 0.1) is 27.2 Å². The molecule has 0 spiro atoms. The van der Waals surface area contributed by atoms with Crippen molar-refractivity contribution in [3.8, 4) is 5.75 Å². The number of nitro groups is 2. The zero-order valence-corrected chi connectivity index (χ0v) is 13.5. The molecule has 0 radical (unpaired) electrons. The molecule has 0 atom stereocenters. The van der Waals surface area contributed by atoms with Crippen LogP contribution in [0.15, 0.2) is 36.4 Å². The number of hydrogen-bond donors (Lipinski definition) is 1. The molecule has 0 aliphatic rings. The highest BCUT2D eigenvalue weighted by Gasteiger charge is 2.21. The fourth-order valence-electron chi connectivity index (χ4n) is 2.25.